The molecule has 0 aliphatic rings. The zero-order valence-corrected chi connectivity index (χ0v) is 15.1. The molecule has 0 radical (unpaired) electrons. The normalized spacial score (nSPS) is 11.0. The topological polar surface area (TPSA) is 50.7 Å². The summed E-state index contributed by atoms with van der Waals surface area (Å²) in [5.41, 5.74) is 1.31. The summed E-state index contributed by atoms with van der Waals surface area (Å²) in [6.45, 7) is 4.68. The molecule has 0 aromatic heterocycles. The number of phenolic OH excluding ortho intramolecular Hbond substituents is 1. The zero-order valence-electron chi connectivity index (χ0n) is 14.1. The maximum absolute atomic E-state index is 9.20. The third-order valence-corrected chi connectivity index (χ3v) is 3.93. The van der Waals surface area contributed by atoms with Gasteiger partial charge >= 0.3 is 0 Å². The summed E-state index contributed by atoms with van der Waals surface area (Å²) in [6.07, 6.45) is 2.76. The number of rotatable bonds is 11. The summed E-state index contributed by atoms with van der Waals surface area (Å²) in [7, 11) is 0.817. The first kappa shape index (κ1) is 18.6. The van der Waals surface area contributed by atoms with Crippen molar-refractivity contribution in [2.75, 3.05) is 32.7 Å². The predicted molar refractivity (Wildman–Crippen MR) is 101 cm³/mol. The van der Waals surface area contributed by atoms with Gasteiger partial charge in [-0.15, -0.1) is 0 Å². The van der Waals surface area contributed by atoms with E-state index < -0.39 is 0 Å². The van der Waals surface area contributed by atoms with Gasteiger partial charge in [0.1, 0.15) is 23.6 Å². The monoisotopic (exact) mass is 347 g/mol. The highest BCUT2D eigenvalue weighted by molar-refractivity contribution is 7.36. The smallest absolute Gasteiger partial charge is 0.119 e. The van der Waals surface area contributed by atoms with Gasteiger partial charge in [-0.05, 0) is 74.6 Å². The molecule has 4 nitrogen and oxygen atoms in total. The second-order valence-corrected chi connectivity index (χ2v) is 6.48. The molecule has 0 spiro atoms. The molecule has 0 saturated heterocycles. The van der Waals surface area contributed by atoms with Crippen LogP contribution in [0.2, 0.25) is 0 Å². The van der Waals surface area contributed by atoms with Gasteiger partial charge in [0.15, 0.2) is 0 Å². The van der Waals surface area contributed by atoms with Crippen LogP contribution in [0, 0.1) is 0 Å². The number of hydrogen-bond donors (Lipinski definition) is 2. The Balaban J connectivity index is 1.52. The first-order valence-electron chi connectivity index (χ1n) is 8.27. The van der Waals surface area contributed by atoms with Crippen molar-refractivity contribution in [3.05, 3.63) is 54.1 Å². The molecule has 0 fully saturated rings. The molecule has 0 aliphatic heterocycles. The Morgan fingerprint density at radius 1 is 0.917 bits per heavy atom. The third kappa shape index (κ3) is 7.20. The summed E-state index contributed by atoms with van der Waals surface area (Å²) in [5, 5.41) is 12.6. The Labute approximate surface area is 146 Å². The molecule has 5 heteroatoms. The first-order chi connectivity index (χ1) is 11.8. The zero-order chi connectivity index (χ0) is 17.0. The molecule has 130 valence electrons. The summed E-state index contributed by atoms with van der Waals surface area (Å²) < 4.78 is 11.2. The van der Waals surface area contributed by atoms with Crippen molar-refractivity contribution < 1.29 is 14.6 Å². The van der Waals surface area contributed by atoms with Crippen LogP contribution in [0.5, 0.6) is 17.2 Å². The van der Waals surface area contributed by atoms with Crippen LogP contribution in [0.15, 0.2) is 48.5 Å². The number of benzene rings is 2. The van der Waals surface area contributed by atoms with Gasteiger partial charge in [0.2, 0.25) is 0 Å². The number of hydrogen-bond acceptors (Lipinski definition) is 4. The third-order valence-electron chi connectivity index (χ3n) is 3.50. The van der Waals surface area contributed by atoms with Crippen LogP contribution >= 0.6 is 8.58 Å². The minimum atomic E-state index is 0.259. The van der Waals surface area contributed by atoms with Gasteiger partial charge in [-0.2, -0.15) is 0 Å². The molecule has 0 saturated carbocycles. The summed E-state index contributed by atoms with van der Waals surface area (Å²) in [4.78, 5) is 0. The Hall–Kier alpha value is -1.77. The second-order valence-electron chi connectivity index (χ2n) is 5.48. The maximum Gasteiger partial charge on any atom is 0.119 e. The number of phenols is 1. The molecule has 2 N–H and O–H groups in total. The van der Waals surface area contributed by atoms with Gasteiger partial charge in [0.05, 0.1) is 6.61 Å². The fourth-order valence-corrected chi connectivity index (χ4v) is 2.51. The van der Waals surface area contributed by atoms with Crippen LogP contribution in [-0.2, 0) is 6.42 Å². The maximum atomic E-state index is 9.20. The van der Waals surface area contributed by atoms with E-state index in [1.807, 2.05) is 12.1 Å². The molecule has 1 atom stereocenters. The van der Waals surface area contributed by atoms with Crippen molar-refractivity contribution >= 4 is 8.58 Å². The fraction of sp³-hybridized carbons (Fsp3) is 0.368. The molecule has 2 aromatic carbocycles. The van der Waals surface area contributed by atoms with Crippen molar-refractivity contribution in [3.8, 4) is 17.2 Å². The van der Waals surface area contributed by atoms with Gasteiger partial charge in [-0.1, -0.05) is 20.7 Å². The van der Waals surface area contributed by atoms with Gasteiger partial charge < -0.3 is 19.9 Å². The van der Waals surface area contributed by atoms with E-state index in [2.05, 4.69) is 24.1 Å². The fourth-order valence-electron chi connectivity index (χ4n) is 2.20. The molecular weight excluding hydrogens is 321 g/mol. The molecule has 24 heavy (non-hydrogen) atoms. The van der Waals surface area contributed by atoms with Crippen LogP contribution in [0.25, 0.3) is 0 Å². The lowest BCUT2D eigenvalue weighted by Gasteiger charge is -2.08. The van der Waals surface area contributed by atoms with Crippen LogP contribution in [-0.4, -0.2) is 37.8 Å². The Morgan fingerprint density at radius 3 is 2.29 bits per heavy atom. The summed E-state index contributed by atoms with van der Waals surface area (Å²) in [6, 6.07) is 15.2. The van der Waals surface area contributed by atoms with Gasteiger partial charge in [0.25, 0.3) is 0 Å². The van der Waals surface area contributed by atoms with Crippen molar-refractivity contribution in [1.29, 1.82) is 0 Å². The van der Waals surface area contributed by atoms with E-state index in [9.17, 15) is 5.11 Å². The van der Waals surface area contributed by atoms with Crippen LogP contribution in [0.3, 0.4) is 0 Å². The highest BCUT2D eigenvalue weighted by Gasteiger charge is 1.97. The molecule has 1 unspecified atom stereocenters. The average molecular weight is 347 g/mol. The molecule has 0 heterocycles. The van der Waals surface area contributed by atoms with E-state index in [0.717, 1.165) is 52.4 Å². The van der Waals surface area contributed by atoms with E-state index in [1.54, 1.807) is 24.3 Å². The number of aromatic hydroxyl groups is 1. The Morgan fingerprint density at radius 2 is 1.58 bits per heavy atom. The lowest BCUT2D eigenvalue weighted by atomic mass is 10.1. The molecule has 2 rings (SSSR count). The van der Waals surface area contributed by atoms with Crippen LogP contribution < -0.4 is 14.8 Å². The second kappa shape index (κ2) is 10.9. The van der Waals surface area contributed by atoms with Crippen molar-refractivity contribution in [1.82, 2.24) is 5.32 Å². The highest BCUT2D eigenvalue weighted by atomic mass is 31.1. The van der Waals surface area contributed by atoms with Crippen molar-refractivity contribution in [2.45, 2.75) is 12.8 Å². The van der Waals surface area contributed by atoms with Crippen LogP contribution in [0.1, 0.15) is 12.0 Å². The summed E-state index contributed by atoms with van der Waals surface area (Å²) in [5.74, 6) is 2.00. The number of nitrogens with one attached hydrogen (secondary N) is 1. The first-order valence-corrected chi connectivity index (χ1v) is 9.97. The Kier molecular flexibility index (Phi) is 8.43. The quantitative estimate of drug-likeness (QED) is 0.481. The lowest BCUT2D eigenvalue weighted by Crippen LogP contribution is -2.20. The van der Waals surface area contributed by atoms with Crippen LogP contribution in [0.4, 0.5) is 0 Å². The molecule has 0 amide bonds. The van der Waals surface area contributed by atoms with Gasteiger partial charge in [-0.25, -0.2) is 0 Å². The van der Waals surface area contributed by atoms with E-state index in [4.69, 9.17) is 9.47 Å². The SMILES string of the molecule is CPCOc1ccc(CCNCCCOc2ccc(O)cc2)cc1. The van der Waals surface area contributed by atoms with Crippen molar-refractivity contribution in [2.24, 2.45) is 0 Å². The minimum Gasteiger partial charge on any atom is -0.508 e. The standard InChI is InChI=1S/C19H26NO3P/c1-24-15-23-19-7-3-16(4-8-19)11-13-20-12-2-14-22-18-9-5-17(21)6-10-18/h3-10,20-21,24H,2,11-15H2,1H3. The molecule has 0 aliphatic carbocycles. The van der Waals surface area contributed by atoms with Gasteiger partial charge in [-0.3, -0.25) is 0 Å². The minimum absolute atomic E-state index is 0.259. The predicted octanol–water partition coefficient (Wildman–Crippen LogP) is 3.64. The van der Waals surface area contributed by atoms with E-state index in [0.29, 0.717) is 6.61 Å². The summed E-state index contributed by atoms with van der Waals surface area (Å²) >= 11 is 0. The molecule has 2 aromatic rings. The lowest BCUT2D eigenvalue weighted by molar-refractivity contribution is 0.308. The van der Waals surface area contributed by atoms with E-state index >= 15 is 0 Å². The molecule has 0 bridgehead atoms. The van der Waals surface area contributed by atoms with E-state index in [-0.39, 0.29) is 5.75 Å². The highest BCUT2D eigenvalue weighted by Crippen LogP contribution is 2.16. The Bertz CT molecular complexity index is 572. The molecular formula is C19H26NO3P. The average Bonchev–Trinajstić information content (AvgIpc) is 2.61. The number of ether oxygens (including phenoxy) is 2. The van der Waals surface area contributed by atoms with E-state index in [1.165, 1.54) is 5.56 Å². The van der Waals surface area contributed by atoms with Crippen molar-refractivity contribution in [3.63, 3.8) is 0 Å². The largest absolute Gasteiger partial charge is 0.508 e. The van der Waals surface area contributed by atoms with Gasteiger partial charge in [0, 0.05) is 0 Å².